The number of thioether (sulfide) groups is 1. The topological polar surface area (TPSA) is 49.4 Å². The van der Waals surface area contributed by atoms with Crippen molar-refractivity contribution in [1.29, 1.82) is 0 Å². The van der Waals surface area contributed by atoms with Gasteiger partial charge in [-0.15, -0.1) is 0 Å². The molecular weight excluding hydrogens is 315 g/mol. The summed E-state index contributed by atoms with van der Waals surface area (Å²) in [4.78, 5) is 25.6. The van der Waals surface area contributed by atoms with Gasteiger partial charge in [-0.2, -0.15) is 11.8 Å². The summed E-state index contributed by atoms with van der Waals surface area (Å²) in [5, 5.41) is 2.93. The van der Waals surface area contributed by atoms with Crippen LogP contribution >= 0.6 is 11.8 Å². The Balaban J connectivity index is 1.74. The third-order valence-electron chi connectivity index (χ3n) is 3.74. The number of benzene rings is 1. The van der Waals surface area contributed by atoms with Crippen molar-refractivity contribution in [3.8, 4) is 0 Å². The van der Waals surface area contributed by atoms with E-state index < -0.39 is 0 Å². The van der Waals surface area contributed by atoms with Crippen molar-refractivity contribution in [3.63, 3.8) is 0 Å². The number of hydrogen-bond acceptors (Lipinski definition) is 3. The van der Waals surface area contributed by atoms with Crippen LogP contribution in [0.15, 0.2) is 24.3 Å². The second-order valence-electron chi connectivity index (χ2n) is 5.74. The predicted octanol–water partition coefficient (Wildman–Crippen LogP) is 2.23. The first-order valence-corrected chi connectivity index (χ1v) is 9.13. The molecule has 0 saturated carbocycles. The lowest BCUT2D eigenvalue weighted by atomic mass is 10.1. The van der Waals surface area contributed by atoms with Crippen LogP contribution < -0.4 is 5.32 Å². The smallest absolute Gasteiger partial charge is 0.230 e. The fourth-order valence-electron chi connectivity index (χ4n) is 2.58. The molecule has 1 atom stereocenters. The molecule has 2 rings (SSSR count). The third kappa shape index (κ3) is 5.86. The van der Waals surface area contributed by atoms with E-state index in [1.807, 2.05) is 0 Å². The van der Waals surface area contributed by atoms with Crippen LogP contribution in [0.4, 0.5) is 4.39 Å². The highest BCUT2D eigenvalue weighted by Gasteiger charge is 2.30. The van der Waals surface area contributed by atoms with E-state index in [4.69, 9.17) is 0 Å². The monoisotopic (exact) mass is 338 g/mol. The molecule has 1 aliphatic heterocycles. The quantitative estimate of drug-likeness (QED) is 0.740. The zero-order valence-electron chi connectivity index (χ0n) is 13.4. The van der Waals surface area contributed by atoms with Gasteiger partial charge in [-0.3, -0.25) is 9.59 Å². The minimum absolute atomic E-state index is 0.00151. The molecule has 1 saturated heterocycles. The first-order chi connectivity index (χ1) is 11.1. The van der Waals surface area contributed by atoms with Crippen LogP contribution in [-0.4, -0.2) is 47.4 Å². The number of rotatable bonds is 8. The van der Waals surface area contributed by atoms with E-state index in [-0.39, 0.29) is 23.7 Å². The van der Waals surface area contributed by atoms with Gasteiger partial charge in [-0.25, -0.2) is 4.39 Å². The van der Waals surface area contributed by atoms with Gasteiger partial charge in [-0.05, 0) is 36.3 Å². The fraction of sp³-hybridized carbons (Fsp3) is 0.529. The lowest BCUT2D eigenvalue weighted by molar-refractivity contribution is -0.127. The summed E-state index contributed by atoms with van der Waals surface area (Å²) in [5.74, 6) is 1.24. The number of likely N-dealkylation sites (tertiary alicyclic amines) is 1. The van der Waals surface area contributed by atoms with E-state index in [2.05, 4.69) is 12.2 Å². The van der Waals surface area contributed by atoms with Crippen LogP contribution in [0, 0.1) is 5.82 Å². The molecule has 1 aromatic carbocycles. The van der Waals surface area contributed by atoms with Crippen LogP contribution in [0.2, 0.25) is 0 Å². The Hall–Kier alpha value is -1.56. The number of carbonyl (C=O) groups excluding carboxylic acids is 2. The molecule has 0 spiro atoms. The van der Waals surface area contributed by atoms with Crippen molar-refractivity contribution in [2.24, 2.45) is 0 Å². The lowest BCUT2D eigenvalue weighted by Gasteiger charge is -2.17. The number of carbonyl (C=O) groups is 2. The Morgan fingerprint density at radius 2 is 2.13 bits per heavy atom. The summed E-state index contributed by atoms with van der Waals surface area (Å²) >= 11 is 1.61. The van der Waals surface area contributed by atoms with Crippen LogP contribution in [0.3, 0.4) is 0 Å². The normalized spacial score (nSPS) is 17.6. The number of amides is 2. The molecule has 1 N–H and O–H groups in total. The van der Waals surface area contributed by atoms with Gasteiger partial charge in [0.1, 0.15) is 5.82 Å². The van der Waals surface area contributed by atoms with Gasteiger partial charge < -0.3 is 10.2 Å². The molecule has 0 unspecified atom stereocenters. The highest BCUT2D eigenvalue weighted by molar-refractivity contribution is 7.99. The third-order valence-corrected chi connectivity index (χ3v) is 4.91. The van der Waals surface area contributed by atoms with Gasteiger partial charge in [0.2, 0.25) is 11.8 Å². The molecule has 0 aliphatic carbocycles. The second kappa shape index (κ2) is 8.91. The van der Waals surface area contributed by atoms with E-state index in [1.165, 1.54) is 12.1 Å². The van der Waals surface area contributed by atoms with Crippen molar-refractivity contribution >= 4 is 23.6 Å². The van der Waals surface area contributed by atoms with Crippen LogP contribution in [-0.2, 0) is 16.0 Å². The summed E-state index contributed by atoms with van der Waals surface area (Å²) in [6.45, 7) is 3.24. The maximum Gasteiger partial charge on any atom is 0.230 e. The van der Waals surface area contributed by atoms with Gasteiger partial charge in [0, 0.05) is 19.5 Å². The summed E-state index contributed by atoms with van der Waals surface area (Å²) in [5.41, 5.74) is 1.00. The van der Waals surface area contributed by atoms with Gasteiger partial charge in [0.05, 0.1) is 11.8 Å². The van der Waals surface area contributed by atoms with E-state index in [1.54, 1.807) is 28.8 Å². The standard InChI is InChI=1S/C17H23FN2O2S/c1-2-9-23-12-16(21)19-15-10-17(22)20(11-15)8-7-13-3-5-14(18)6-4-13/h3-6,15H,2,7-12H2,1H3,(H,19,21)/t15-/m0/s1. The predicted molar refractivity (Wildman–Crippen MR) is 90.8 cm³/mol. The molecule has 1 aromatic rings. The molecule has 6 heteroatoms. The van der Waals surface area contributed by atoms with E-state index in [0.717, 1.165) is 17.7 Å². The van der Waals surface area contributed by atoms with Crippen molar-refractivity contribution < 1.29 is 14.0 Å². The minimum Gasteiger partial charge on any atom is -0.350 e. The first-order valence-electron chi connectivity index (χ1n) is 7.97. The number of nitrogens with zero attached hydrogens (tertiary/aromatic N) is 1. The van der Waals surface area contributed by atoms with Gasteiger partial charge >= 0.3 is 0 Å². The van der Waals surface area contributed by atoms with Crippen LogP contribution in [0.1, 0.15) is 25.3 Å². The molecule has 4 nitrogen and oxygen atoms in total. The summed E-state index contributed by atoms with van der Waals surface area (Å²) in [6.07, 6.45) is 2.11. The zero-order chi connectivity index (χ0) is 16.7. The zero-order valence-corrected chi connectivity index (χ0v) is 14.2. The van der Waals surface area contributed by atoms with E-state index >= 15 is 0 Å². The highest BCUT2D eigenvalue weighted by atomic mass is 32.2. The lowest BCUT2D eigenvalue weighted by Crippen LogP contribution is -2.38. The molecule has 2 amide bonds. The largest absolute Gasteiger partial charge is 0.350 e. The van der Waals surface area contributed by atoms with Crippen molar-refractivity contribution in [2.75, 3.05) is 24.6 Å². The molecule has 0 aromatic heterocycles. The Kier molecular flexibility index (Phi) is 6.89. The highest BCUT2D eigenvalue weighted by Crippen LogP contribution is 2.13. The number of nitrogens with one attached hydrogen (secondary N) is 1. The van der Waals surface area contributed by atoms with Crippen molar-refractivity contribution in [3.05, 3.63) is 35.6 Å². The SMILES string of the molecule is CCCSCC(=O)N[C@H]1CC(=O)N(CCc2ccc(F)cc2)C1. The number of hydrogen-bond donors (Lipinski definition) is 1. The van der Waals surface area contributed by atoms with E-state index in [0.29, 0.717) is 31.7 Å². The van der Waals surface area contributed by atoms with Crippen LogP contribution in [0.5, 0.6) is 0 Å². The Labute approximate surface area is 140 Å². The van der Waals surface area contributed by atoms with Gasteiger partial charge in [0.15, 0.2) is 0 Å². The molecule has 1 fully saturated rings. The summed E-state index contributed by atoms with van der Waals surface area (Å²) in [7, 11) is 0. The average molecular weight is 338 g/mol. The Morgan fingerprint density at radius 3 is 2.83 bits per heavy atom. The molecule has 126 valence electrons. The minimum atomic E-state index is -0.255. The summed E-state index contributed by atoms with van der Waals surface area (Å²) in [6, 6.07) is 6.24. The average Bonchev–Trinajstić information content (AvgIpc) is 2.86. The van der Waals surface area contributed by atoms with Crippen molar-refractivity contribution in [1.82, 2.24) is 10.2 Å². The Morgan fingerprint density at radius 1 is 1.39 bits per heavy atom. The molecule has 1 aliphatic rings. The second-order valence-corrected chi connectivity index (χ2v) is 6.84. The van der Waals surface area contributed by atoms with Gasteiger partial charge in [0.25, 0.3) is 0 Å². The Bertz CT molecular complexity index is 536. The fourth-order valence-corrected chi connectivity index (χ4v) is 3.28. The molecular formula is C17H23FN2O2S. The van der Waals surface area contributed by atoms with Gasteiger partial charge in [-0.1, -0.05) is 19.1 Å². The maximum absolute atomic E-state index is 12.9. The molecule has 0 radical (unpaired) electrons. The van der Waals surface area contributed by atoms with Crippen molar-refractivity contribution in [2.45, 2.75) is 32.2 Å². The maximum atomic E-state index is 12.9. The first kappa shape index (κ1) is 17.8. The van der Waals surface area contributed by atoms with Crippen LogP contribution in [0.25, 0.3) is 0 Å². The molecule has 1 heterocycles. The molecule has 23 heavy (non-hydrogen) atoms. The van der Waals surface area contributed by atoms with E-state index in [9.17, 15) is 14.0 Å². The number of halogens is 1. The molecule has 0 bridgehead atoms. The summed E-state index contributed by atoms with van der Waals surface area (Å²) < 4.78 is 12.9.